The molecule has 0 fully saturated rings. The van der Waals surface area contributed by atoms with Crippen molar-refractivity contribution in [1.29, 1.82) is 0 Å². The summed E-state index contributed by atoms with van der Waals surface area (Å²) in [7, 11) is 0. The van der Waals surface area contributed by atoms with E-state index in [-0.39, 0.29) is 5.41 Å². The van der Waals surface area contributed by atoms with Crippen LogP contribution in [0.15, 0.2) is 170 Å². The number of benzene rings is 6. The quantitative estimate of drug-likeness (QED) is 0.186. The van der Waals surface area contributed by atoms with E-state index >= 15 is 0 Å². The molecule has 0 atom stereocenters. The van der Waals surface area contributed by atoms with E-state index in [0.717, 1.165) is 39.5 Å². The van der Waals surface area contributed by atoms with E-state index in [1.54, 1.807) is 0 Å². The molecule has 0 radical (unpaired) electrons. The van der Waals surface area contributed by atoms with Gasteiger partial charge in [0, 0.05) is 50.0 Å². The summed E-state index contributed by atoms with van der Waals surface area (Å²) in [5.41, 5.74) is 15.9. The monoisotopic (exact) mass is 678 g/mol. The van der Waals surface area contributed by atoms with Gasteiger partial charge in [0.2, 0.25) is 0 Å². The maximum atomic E-state index is 5.23. The highest BCUT2D eigenvalue weighted by molar-refractivity contribution is 6.31. The fraction of sp³-hybridized carbons (Fsp3) is 0.0612. The van der Waals surface area contributed by atoms with Crippen LogP contribution in [-0.4, -0.2) is 19.1 Å². The lowest BCUT2D eigenvalue weighted by molar-refractivity contribution is 0.667. The van der Waals surface area contributed by atoms with Gasteiger partial charge in [-0.1, -0.05) is 123 Å². The van der Waals surface area contributed by atoms with Crippen molar-refractivity contribution >= 4 is 43.6 Å². The Morgan fingerprint density at radius 3 is 1.89 bits per heavy atom. The highest BCUT2D eigenvalue weighted by atomic mass is 15.0. The minimum Gasteiger partial charge on any atom is -0.309 e. The van der Waals surface area contributed by atoms with E-state index in [4.69, 9.17) is 4.98 Å². The van der Waals surface area contributed by atoms with E-state index in [1.807, 2.05) is 30.5 Å². The molecule has 0 N–H and O–H groups in total. The molecule has 0 bridgehead atoms. The van der Waals surface area contributed by atoms with Gasteiger partial charge >= 0.3 is 0 Å². The average molecular weight is 679 g/mol. The summed E-state index contributed by atoms with van der Waals surface area (Å²) >= 11 is 0. The molecule has 4 heterocycles. The van der Waals surface area contributed by atoms with Crippen LogP contribution in [0.1, 0.15) is 25.0 Å². The first kappa shape index (κ1) is 29.9. The summed E-state index contributed by atoms with van der Waals surface area (Å²) in [6.45, 7) is 4.82. The first-order valence-electron chi connectivity index (χ1n) is 18.3. The lowest BCUT2D eigenvalue weighted by Gasteiger charge is -2.23. The SMILES string of the molecule is CC1(C)c2ccccc2-c2c1c1c3ccccc3n(-c3ccccc3)c1c1c3ccccc3n(-c3ccccc3-c3cccc(-c4ccccn4)n3)c21. The van der Waals surface area contributed by atoms with Crippen molar-refractivity contribution in [3.63, 3.8) is 0 Å². The molecule has 0 saturated carbocycles. The number of aromatic nitrogens is 4. The number of hydrogen-bond acceptors (Lipinski definition) is 2. The molecule has 4 heteroatoms. The number of hydrogen-bond donors (Lipinski definition) is 0. The molecule has 53 heavy (non-hydrogen) atoms. The normalized spacial score (nSPS) is 13.2. The largest absolute Gasteiger partial charge is 0.309 e. The molecular weight excluding hydrogens is 645 g/mol. The van der Waals surface area contributed by atoms with Crippen molar-refractivity contribution in [2.45, 2.75) is 19.3 Å². The third-order valence-electron chi connectivity index (χ3n) is 11.3. The molecule has 0 aliphatic heterocycles. The van der Waals surface area contributed by atoms with Crippen molar-refractivity contribution < 1.29 is 0 Å². The Morgan fingerprint density at radius 2 is 1.09 bits per heavy atom. The predicted molar refractivity (Wildman–Crippen MR) is 219 cm³/mol. The van der Waals surface area contributed by atoms with Gasteiger partial charge in [0.15, 0.2) is 0 Å². The Bertz CT molecular complexity index is 3080. The highest BCUT2D eigenvalue weighted by Crippen LogP contribution is 2.58. The third-order valence-corrected chi connectivity index (χ3v) is 11.3. The van der Waals surface area contributed by atoms with Gasteiger partial charge in [-0.3, -0.25) is 4.98 Å². The minimum atomic E-state index is -0.247. The molecule has 11 rings (SSSR count). The second-order valence-corrected chi connectivity index (χ2v) is 14.5. The second kappa shape index (κ2) is 11.1. The van der Waals surface area contributed by atoms with Crippen LogP contribution < -0.4 is 0 Å². The van der Waals surface area contributed by atoms with Crippen molar-refractivity contribution in [2.24, 2.45) is 0 Å². The van der Waals surface area contributed by atoms with Gasteiger partial charge in [0.1, 0.15) is 0 Å². The maximum absolute atomic E-state index is 5.23. The number of pyridine rings is 2. The lowest BCUT2D eigenvalue weighted by Crippen LogP contribution is -2.15. The summed E-state index contributed by atoms with van der Waals surface area (Å²) in [4.78, 5) is 9.85. The zero-order valence-corrected chi connectivity index (χ0v) is 29.5. The van der Waals surface area contributed by atoms with Gasteiger partial charge in [0.25, 0.3) is 0 Å². The molecule has 250 valence electrons. The number of rotatable bonds is 4. The Balaban J connectivity index is 1.37. The van der Waals surface area contributed by atoms with Gasteiger partial charge in [0.05, 0.1) is 44.8 Å². The molecule has 4 nitrogen and oxygen atoms in total. The molecular formula is C49H34N4. The van der Waals surface area contributed by atoms with E-state index in [1.165, 1.54) is 60.3 Å². The van der Waals surface area contributed by atoms with Crippen molar-refractivity contribution in [1.82, 2.24) is 19.1 Å². The lowest BCUT2D eigenvalue weighted by atomic mass is 9.80. The summed E-state index contributed by atoms with van der Waals surface area (Å²) in [6, 6.07) is 58.8. The van der Waals surface area contributed by atoms with E-state index in [9.17, 15) is 0 Å². The first-order chi connectivity index (χ1) is 26.1. The summed E-state index contributed by atoms with van der Waals surface area (Å²) in [5, 5.41) is 5.08. The molecule has 1 aliphatic rings. The van der Waals surface area contributed by atoms with Gasteiger partial charge in [-0.15, -0.1) is 0 Å². The predicted octanol–water partition coefficient (Wildman–Crippen LogP) is 12.3. The van der Waals surface area contributed by atoms with Gasteiger partial charge < -0.3 is 9.13 Å². The maximum Gasteiger partial charge on any atom is 0.0893 e. The zero-order valence-electron chi connectivity index (χ0n) is 29.5. The zero-order chi connectivity index (χ0) is 35.3. The smallest absolute Gasteiger partial charge is 0.0893 e. The van der Waals surface area contributed by atoms with Crippen LogP contribution in [0, 0.1) is 0 Å². The molecule has 4 aromatic heterocycles. The van der Waals surface area contributed by atoms with Crippen LogP contribution in [0.3, 0.4) is 0 Å². The molecule has 1 aliphatic carbocycles. The van der Waals surface area contributed by atoms with E-state index < -0.39 is 0 Å². The van der Waals surface area contributed by atoms with Crippen LogP contribution in [0.2, 0.25) is 0 Å². The van der Waals surface area contributed by atoms with E-state index in [2.05, 4.69) is 167 Å². The van der Waals surface area contributed by atoms with Crippen LogP contribution >= 0.6 is 0 Å². The summed E-state index contributed by atoms with van der Waals surface area (Å²) in [5.74, 6) is 0. The van der Waals surface area contributed by atoms with Crippen LogP contribution in [0.5, 0.6) is 0 Å². The minimum absolute atomic E-state index is 0.247. The topological polar surface area (TPSA) is 35.6 Å². The number of para-hydroxylation sites is 4. The van der Waals surface area contributed by atoms with Crippen LogP contribution in [-0.2, 0) is 5.41 Å². The Kier molecular flexibility index (Phi) is 6.27. The fourth-order valence-corrected chi connectivity index (χ4v) is 9.18. The number of nitrogens with zero attached hydrogens (tertiary/aromatic N) is 4. The number of fused-ring (bicyclic) bond motifs is 12. The van der Waals surface area contributed by atoms with Crippen molar-refractivity contribution in [3.8, 4) is 45.1 Å². The Hall–Kier alpha value is -6.78. The average Bonchev–Trinajstić information content (AvgIpc) is 3.82. The summed E-state index contributed by atoms with van der Waals surface area (Å²) < 4.78 is 5.03. The molecule has 10 aromatic rings. The standard InChI is InChI=1S/C49H34N4/c1-49(2)36-23-10-6-19-32(36)43-46(49)44-34-21-8-12-28-41(34)52(31-17-4-3-5-18-31)47(44)45-35-22-9-13-29-42(35)53(48(43)45)40-27-11-7-20-33(40)37-25-16-26-39(51-37)38-24-14-15-30-50-38/h3-30H,1-2H3. The molecule has 0 spiro atoms. The Morgan fingerprint density at radius 1 is 0.472 bits per heavy atom. The molecule has 0 saturated heterocycles. The van der Waals surface area contributed by atoms with Gasteiger partial charge in [-0.25, -0.2) is 4.98 Å². The van der Waals surface area contributed by atoms with Crippen molar-refractivity contribution in [3.05, 3.63) is 181 Å². The van der Waals surface area contributed by atoms with Crippen LogP contribution in [0.4, 0.5) is 0 Å². The van der Waals surface area contributed by atoms with Crippen molar-refractivity contribution in [2.75, 3.05) is 0 Å². The third kappa shape index (κ3) is 4.12. The molecule has 0 unspecified atom stereocenters. The highest BCUT2D eigenvalue weighted by Gasteiger charge is 2.41. The molecule has 6 aromatic carbocycles. The summed E-state index contributed by atoms with van der Waals surface area (Å²) in [6.07, 6.45) is 1.82. The van der Waals surface area contributed by atoms with Crippen LogP contribution in [0.25, 0.3) is 88.8 Å². The fourth-order valence-electron chi connectivity index (χ4n) is 9.18. The first-order valence-corrected chi connectivity index (χ1v) is 18.3. The Labute approximate surface area is 307 Å². The molecule has 0 amide bonds. The van der Waals surface area contributed by atoms with E-state index in [0.29, 0.717) is 0 Å². The second-order valence-electron chi connectivity index (χ2n) is 14.5. The van der Waals surface area contributed by atoms with Gasteiger partial charge in [-0.2, -0.15) is 0 Å². The van der Waals surface area contributed by atoms with Gasteiger partial charge in [-0.05, 0) is 71.3 Å².